The lowest BCUT2D eigenvalue weighted by atomic mass is 10.1. The third-order valence-electron chi connectivity index (χ3n) is 3.68. The van der Waals surface area contributed by atoms with Crippen molar-refractivity contribution < 1.29 is 9.47 Å². The summed E-state index contributed by atoms with van der Waals surface area (Å²) in [5.41, 5.74) is 2.02. The van der Waals surface area contributed by atoms with Crippen LogP contribution in [0.25, 0.3) is 11.3 Å². The Balaban J connectivity index is 2.25. The van der Waals surface area contributed by atoms with Gasteiger partial charge in [-0.2, -0.15) is 5.26 Å². The maximum Gasteiger partial charge on any atom is 0.227 e. The molecule has 0 radical (unpaired) electrons. The van der Waals surface area contributed by atoms with Crippen LogP contribution in [-0.4, -0.2) is 29.8 Å². The van der Waals surface area contributed by atoms with Crippen LogP contribution in [0.15, 0.2) is 43.2 Å². The van der Waals surface area contributed by atoms with E-state index >= 15 is 0 Å². The first-order valence-electron chi connectivity index (χ1n) is 8.12. The minimum Gasteiger partial charge on any atom is -0.489 e. The van der Waals surface area contributed by atoms with Gasteiger partial charge in [0.1, 0.15) is 17.9 Å². The van der Waals surface area contributed by atoms with Crippen molar-refractivity contribution in [2.45, 2.75) is 25.9 Å². The van der Waals surface area contributed by atoms with Crippen LogP contribution in [0.3, 0.4) is 0 Å². The molecule has 0 aliphatic rings. The molecule has 0 bridgehead atoms. The Morgan fingerprint density at radius 1 is 1.40 bits per heavy atom. The average Bonchev–Trinajstić information content (AvgIpc) is 2.65. The van der Waals surface area contributed by atoms with Crippen molar-refractivity contribution in [3.05, 3.63) is 48.8 Å². The smallest absolute Gasteiger partial charge is 0.227 e. The number of nitrogens with one attached hydrogen (secondary N) is 1. The molecule has 0 saturated carbocycles. The molecule has 1 unspecified atom stereocenters. The predicted octanol–water partition coefficient (Wildman–Crippen LogP) is 3.76. The molecule has 0 amide bonds. The summed E-state index contributed by atoms with van der Waals surface area (Å²) < 4.78 is 11.1. The summed E-state index contributed by atoms with van der Waals surface area (Å²) in [6, 6.07) is 9.47. The molecular weight excluding hydrogens is 316 g/mol. The van der Waals surface area contributed by atoms with Crippen molar-refractivity contribution in [1.29, 1.82) is 5.26 Å². The van der Waals surface area contributed by atoms with Gasteiger partial charge in [0.05, 0.1) is 11.3 Å². The molecule has 2 aromatic rings. The van der Waals surface area contributed by atoms with Crippen LogP contribution >= 0.6 is 0 Å². The van der Waals surface area contributed by atoms with Crippen LogP contribution in [0, 0.1) is 11.3 Å². The van der Waals surface area contributed by atoms with E-state index in [0.717, 1.165) is 18.4 Å². The van der Waals surface area contributed by atoms with Gasteiger partial charge in [-0.1, -0.05) is 13.5 Å². The van der Waals surface area contributed by atoms with E-state index < -0.39 is 0 Å². The molecule has 0 aliphatic heterocycles. The Kier molecular flexibility index (Phi) is 6.93. The number of methoxy groups -OCH3 is 1. The second-order valence-electron chi connectivity index (χ2n) is 5.37. The predicted molar refractivity (Wildman–Crippen MR) is 97.2 cm³/mol. The molecular formula is C19H22N4O2. The highest BCUT2D eigenvalue weighted by molar-refractivity contribution is 5.64. The number of aromatic nitrogens is 2. The molecule has 0 aliphatic carbocycles. The first-order chi connectivity index (χ1) is 12.2. The highest BCUT2D eigenvalue weighted by atomic mass is 16.5. The third-order valence-corrected chi connectivity index (χ3v) is 3.68. The molecule has 0 spiro atoms. The first-order valence-corrected chi connectivity index (χ1v) is 8.12. The zero-order valence-electron chi connectivity index (χ0n) is 14.5. The van der Waals surface area contributed by atoms with E-state index in [2.05, 4.69) is 34.9 Å². The summed E-state index contributed by atoms with van der Waals surface area (Å²) in [5, 5.41) is 12.3. The molecule has 25 heavy (non-hydrogen) atoms. The summed E-state index contributed by atoms with van der Waals surface area (Å²) in [6.45, 7) is 6.27. The number of hydrogen-bond acceptors (Lipinski definition) is 6. The van der Waals surface area contributed by atoms with Gasteiger partial charge in [0.2, 0.25) is 5.95 Å². The van der Waals surface area contributed by atoms with Crippen molar-refractivity contribution in [2.75, 3.05) is 19.0 Å². The van der Waals surface area contributed by atoms with Crippen molar-refractivity contribution >= 4 is 5.95 Å². The Bertz CT molecular complexity index is 755. The zero-order chi connectivity index (χ0) is 18.1. The summed E-state index contributed by atoms with van der Waals surface area (Å²) in [4.78, 5) is 8.49. The maximum atomic E-state index is 9.48. The van der Waals surface area contributed by atoms with Crippen LogP contribution < -0.4 is 10.1 Å². The molecule has 2 rings (SSSR count). The van der Waals surface area contributed by atoms with Crippen molar-refractivity contribution in [2.24, 2.45) is 0 Å². The van der Waals surface area contributed by atoms with E-state index in [9.17, 15) is 5.26 Å². The Labute approximate surface area is 148 Å². The molecule has 6 nitrogen and oxygen atoms in total. The van der Waals surface area contributed by atoms with Gasteiger partial charge < -0.3 is 14.8 Å². The molecule has 130 valence electrons. The number of nitriles is 1. The topological polar surface area (TPSA) is 80.1 Å². The lowest BCUT2D eigenvalue weighted by Gasteiger charge is -2.18. The Morgan fingerprint density at radius 2 is 2.24 bits per heavy atom. The number of rotatable bonds is 9. The van der Waals surface area contributed by atoms with Gasteiger partial charge in [-0.15, -0.1) is 0 Å². The largest absolute Gasteiger partial charge is 0.489 e. The number of hydrogen-bond donors (Lipinski definition) is 1. The highest BCUT2D eigenvalue weighted by Gasteiger charge is 2.13. The Morgan fingerprint density at radius 3 is 2.92 bits per heavy atom. The van der Waals surface area contributed by atoms with E-state index in [1.165, 1.54) is 6.20 Å². The second kappa shape index (κ2) is 9.40. The van der Waals surface area contributed by atoms with E-state index in [0.29, 0.717) is 29.6 Å². The van der Waals surface area contributed by atoms with Gasteiger partial charge in [-0.25, -0.2) is 9.97 Å². The standard InChI is InChI=1S/C19H22N4O2/c1-4-16(9-11-24-3)25-18-7-6-14(12-15(18)13-20)17-8-10-22-19(23-17)21-5-2/h5-8,10,12,16H,2,4,9,11H2,1,3H3,(H,21,22,23). The SMILES string of the molecule is C=CNc1nccc(-c2ccc(OC(CC)CCOC)c(C#N)c2)n1. The van der Waals surface area contributed by atoms with Crippen LogP contribution in [0.5, 0.6) is 5.75 Å². The van der Waals surface area contributed by atoms with Crippen molar-refractivity contribution in [3.8, 4) is 23.1 Å². The number of ether oxygens (including phenoxy) is 2. The van der Waals surface area contributed by atoms with Gasteiger partial charge in [0, 0.05) is 31.9 Å². The summed E-state index contributed by atoms with van der Waals surface area (Å²) in [5.74, 6) is 1.03. The van der Waals surface area contributed by atoms with E-state index in [4.69, 9.17) is 9.47 Å². The zero-order valence-corrected chi connectivity index (χ0v) is 14.5. The fourth-order valence-electron chi connectivity index (χ4n) is 2.33. The summed E-state index contributed by atoms with van der Waals surface area (Å²) >= 11 is 0. The highest BCUT2D eigenvalue weighted by Crippen LogP contribution is 2.27. The molecule has 0 saturated heterocycles. The fraction of sp³-hybridized carbons (Fsp3) is 0.316. The summed E-state index contributed by atoms with van der Waals surface area (Å²) in [6.07, 6.45) is 4.81. The van der Waals surface area contributed by atoms with E-state index in [1.54, 1.807) is 25.4 Å². The van der Waals surface area contributed by atoms with Crippen LogP contribution in [-0.2, 0) is 4.74 Å². The second-order valence-corrected chi connectivity index (χ2v) is 5.37. The monoisotopic (exact) mass is 338 g/mol. The lowest BCUT2D eigenvalue weighted by molar-refractivity contribution is 0.123. The van der Waals surface area contributed by atoms with Gasteiger partial charge >= 0.3 is 0 Å². The quantitative estimate of drug-likeness (QED) is 0.750. The first kappa shape index (κ1) is 18.4. The normalized spacial score (nSPS) is 11.4. The van der Waals surface area contributed by atoms with Crippen LogP contribution in [0.4, 0.5) is 5.95 Å². The van der Waals surface area contributed by atoms with Gasteiger partial charge in [-0.05, 0) is 36.9 Å². The maximum absolute atomic E-state index is 9.48. The molecule has 1 atom stereocenters. The molecule has 6 heteroatoms. The third kappa shape index (κ3) is 5.03. The number of benzene rings is 1. The fourth-order valence-corrected chi connectivity index (χ4v) is 2.33. The molecule has 1 aromatic heterocycles. The summed E-state index contributed by atoms with van der Waals surface area (Å²) in [7, 11) is 1.67. The van der Waals surface area contributed by atoms with Crippen LogP contribution in [0.1, 0.15) is 25.3 Å². The minimum atomic E-state index is 0.0142. The lowest BCUT2D eigenvalue weighted by Crippen LogP contribution is -2.18. The number of nitrogens with zero attached hydrogens (tertiary/aromatic N) is 3. The molecule has 0 fully saturated rings. The molecule has 1 heterocycles. The van der Waals surface area contributed by atoms with Crippen molar-refractivity contribution in [3.63, 3.8) is 0 Å². The van der Waals surface area contributed by atoms with E-state index in [-0.39, 0.29) is 6.10 Å². The van der Waals surface area contributed by atoms with Gasteiger partial charge in [0.15, 0.2) is 0 Å². The average molecular weight is 338 g/mol. The Hall–Kier alpha value is -2.91. The molecule has 1 aromatic carbocycles. The van der Waals surface area contributed by atoms with Crippen LogP contribution in [0.2, 0.25) is 0 Å². The van der Waals surface area contributed by atoms with Gasteiger partial charge in [-0.3, -0.25) is 0 Å². The van der Waals surface area contributed by atoms with Crippen molar-refractivity contribution in [1.82, 2.24) is 9.97 Å². The minimum absolute atomic E-state index is 0.0142. The van der Waals surface area contributed by atoms with E-state index in [1.807, 2.05) is 12.1 Å². The molecule has 1 N–H and O–H groups in total. The number of anilines is 1. The van der Waals surface area contributed by atoms with Gasteiger partial charge in [0.25, 0.3) is 0 Å².